The summed E-state index contributed by atoms with van der Waals surface area (Å²) in [5.74, 6) is 0. The van der Waals surface area contributed by atoms with Crippen molar-refractivity contribution in [2.45, 2.75) is 13.3 Å². The van der Waals surface area contributed by atoms with Crippen LogP contribution in [0, 0.1) is 6.92 Å². The Kier molecular flexibility index (Phi) is 4.02. The lowest BCUT2D eigenvalue weighted by Gasteiger charge is -2.36. The molecule has 1 fully saturated rings. The van der Waals surface area contributed by atoms with Gasteiger partial charge in [0, 0.05) is 50.5 Å². The van der Waals surface area contributed by atoms with E-state index in [2.05, 4.69) is 63.3 Å². The van der Waals surface area contributed by atoms with Crippen LogP contribution in [0.2, 0.25) is 0 Å². The Labute approximate surface area is 120 Å². The number of rotatable bonds is 4. The molecule has 2 heterocycles. The number of aromatic nitrogens is 2. The van der Waals surface area contributed by atoms with Crippen molar-refractivity contribution in [1.29, 1.82) is 0 Å². The van der Waals surface area contributed by atoms with E-state index in [-0.39, 0.29) is 0 Å². The second-order valence-corrected chi connectivity index (χ2v) is 5.46. The fourth-order valence-corrected chi connectivity index (χ4v) is 2.74. The molecule has 4 nitrogen and oxygen atoms in total. The van der Waals surface area contributed by atoms with Crippen molar-refractivity contribution >= 4 is 5.69 Å². The molecule has 0 spiro atoms. The van der Waals surface area contributed by atoms with Gasteiger partial charge in [-0.25, -0.2) is 0 Å². The number of anilines is 1. The standard InChI is InChI=1S/C16H22N4/c1-14-13-15(18-17-14)7-8-19-9-11-20(12-10-19)16-5-3-2-4-6-16/h2-6,13H,7-12H2,1H3,(H,17,18). The van der Waals surface area contributed by atoms with E-state index in [9.17, 15) is 0 Å². The van der Waals surface area contributed by atoms with Gasteiger partial charge in [0.05, 0.1) is 5.69 Å². The number of aryl methyl sites for hydroxylation is 1. The van der Waals surface area contributed by atoms with Gasteiger partial charge in [0.25, 0.3) is 0 Å². The Morgan fingerprint density at radius 1 is 1.10 bits per heavy atom. The van der Waals surface area contributed by atoms with E-state index in [0.29, 0.717) is 0 Å². The van der Waals surface area contributed by atoms with Gasteiger partial charge in [-0.15, -0.1) is 0 Å². The van der Waals surface area contributed by atoms with E-state index in [1.54, 1.807) is 0 Å². The number of benzene rings is 1. The summed E-state index contributed by atoms with van der Waals surface area (Å²) in [6, 6.07) is 12.8. The van der Waals surface area contributed by atoms with Gasteiger partial charge in [-0.1, -0.05) is 18.2 Å². The van der Waals surface area contributed by atoms with Crippen molar-refractivity contribution in [3.63, 3.8) is 0 Å². The molecule has 1 aliphatic heterocycles. The van der Waals surface area contributed by atoms with Crippen LogP contribution in [-0.2, 0) is 6.42 Å². The van der Waals surface area contributed by atoms with E-state index in [1.165, 1.54) is 11.4 Å². The molecule has 1 aliphatic rings. The molecule has 2 aromatic rings. The van der Waals surface area contributed by atoms with Gasteiger partial charge in [0.2, 0.25) is 0 Å². The van der Waals surface area contributed by atoms with Crippen molar-refractivity contribution in [2.24, 2.45) is 0 Å². The summed E-state index contributed by atoms with van der Waals surface area (Å²) in [5, 5.41) is 7.31. The molecule has 1 N–H and O–H groups in total. The van der Waals surface area contributed by atoms with Crippen LogP contribution in [0.4, 0.5) is 5.69 Å². The molecule has 0 saturated carbocycles. The zero-order valence-corrected chi connectivity index (χ0v) is 12.0. The van der Waals surface area contributed by atoms with E-state index in [0.717, 1.165) is 44.8 Å². The molecular weight excluding hydrogens is 248 g/mol. The van der Waals surface area contributed by atoms with Crippen molar-refractivity contribution < 1.29 is 0 Å². The van der Waals surface area contributed by atoms with Gasteiger partial charge < -0.3 is 4.90 Å². The Hall–Kier alpha value is -1.81. The molecule has 1 aromatic heterocycles. The third-order valence-electron chi connectivity index (χ3n) is 3.94. The van der Waals surface area contributed by atoms with E-state index in [4.69, 9.17) is 0 Å². The van der Waals surface area contributed by atoms with Crippen LogP contribution >= 0.6 is 0 Å². The Balaban J connectivity index is 1.47. The number of H-pyrrole nitrogens is 1. The van der Waals surface area contributed by atoms with Gasteiger partial charge in [0.15, 0.2) is 0 Å². The van der Waals surface area contributed by atoms with Crippen molar-refractivity contribution in [2.75, 3.05) is 37.6 Å². The fourth-order valence-electron chi connectivity index (χ4n) is 2.74. The maximum Gasteiger partial charge on any atom is 0.0637 e. The molecule has 0 atom stereocenters. The Morgan fingerprint density at radius 2 is 1.85 bits per heavy atom. The SMILES string of the molecule is Cc1cc(CCN2CCN(c3ccccc3)CC2)n[nH]1. The number of aromatic amines is 1. The van der Waals surface area contributed by atoms with E-state index < -0.39 is 0 Å². The Morgan fingerprint density at radius 3 is 2.50 bits per heavy atom. The highest BCUT2D eigenvalue weighted by Crippen LogP contribution is 2.15. The molecule has 0 unspecified atom stereocenters. The summed E-state index contributed by atoms with van der Waals surface area (Å²) in [4.78, 5) is 5.00. The van der Waals surface area contributed by atoms with Gasteiger partial charge >= 0.3 is 0 Å². The molecule has 1 saturated heterocycles. The highest BCUT2D eigenvalue weighted by molar-refractivity contribution is 5.46. The monoisotopic (exact) mass is 270 g/mol. The summed E-state index contributed by atoms with van der Waals surface area (Å²) >= 11 is 0. The lowest BCUT2D eigenvalue weighted by atomic mass is 10.2. The topological polar surface area (TPSA) is 35.2 Å². The van der Waals surface area contributed by atoms with Crippen molar-refractivity contribution in [3.8, 4) is 0 Å². The first-order valence-electron chi connectivity index (χ1n) is 7.34. The first-order chi connectivity index (χ1) is 9.81. The molecule has 1 aromatic carbocycles. The molecule has 0 bridgehead atoms. The number of para-hydroxylation sites is 1. The van der Waals surface area contributed by atoms with E-state index >= 15 is 0 Å². The fraction of sp³-hybridized carbons (Fsp3) is 0.438. The van der Waals surface area contributed by atoms with Crippen LogP contribution in [-0.4, -0.2) is 47.8 Å². The maximum absolute atomic E-state index is 4.30. The largest absolute Gasteiger partial charge is 0.369 e. The minimum atomic E-state index is 1.04. The summed E-state index contributed by atoms with van der Waals surface area (Å²) in [7, 11) is 0. The van der Waals surface area contributed by atoms with Crippen LogP contribution in [0.25, 0.3) is 0 Å². The zero-order valence-electron chi connectivity index (χ0n) is 12.0. The third kappa shape index (κ3) is 3.20. The first-order valence-corrected chi connectivity index (χ1v) is 7.34. The molecule has 0 aliphatic carbocycles. The summed E-state index contributed by atoms with van der Waals surface area (Å²) < 4.78 is 0. The van der Waals surface area contributed by atoms with E-state index in [1.807, 2.05) is 0 Å². The minimum Gasteiger partial charge on any atom is -0.369 e. The lowest BCUT2D eigenvalue weighted by Crippen LogP contribution is -2.47. The zero-order chi connectivity index (χ0) is 13.8. The molecule has 20 heavy (non-hydrogen) atoms. The molecule has 4 heteroatoms. The van der Waals surface area contributed by atoms with Gasteiger partial charge in [-0.3, -0.25) is 10.00 Å². The summed E-state index contributed by atoms with van der Waals surface area (Å²) in [5.41, 5.74) is 3.66. The average molecular weight is 270 g/mol. The number of nitrogens with one attached hydrogen (secondary N) is 1. The molecule has 0 amide bonds. The van der Waals surface area contributed by atoms with Crippen LogP contribution in [0.3, 0.4) is 0 Å². The average Bonchev–Trinajstić information content (AvgIpc) is 2.92. The summed E-state index contributed by atoms with van der Waals surface area (Å²) in [6.45, 7) is 7.66. The molecular formula is C16H22N4. The predicted octanol–water partition coefficient (Wildman–Crippen LogP) is 2.08. The van der Waals surface area contributed by atoms with Crippen molar-refractivity contribution in [3.05, 3.63) is 47.8 Å². The van der Waals surface area contributed by atoms with Crippen LogP contribution < -0.4 is 4.90 Å². The third-order valence-corrected chi connectivity index (χ3v) is 3.94. The number of nitrogens with zero attached hydrogens (tertiary/aromatic N) is 3. The van der Waals surface area contributed by atoms with Crippen LogP contribution in [0.5, 0.6) is 0 Å². The minimum absolute atomic E-state index is 1.04. The van der Waals surface area contributed by atoms with Crippen LogP contribution in [0.1, 0.15) is 11.4 Å². The second kappa shape index (κ2) is 6.09. The summed E-state index contributed by atoms with van der Waals surface area (Å²) in [6.07, 6.45) is 1.04. The number of piperazine rings is 1. The highest BCUT2D eigenvalue weighted by atomic mass is 15.3. The Bertz CT molecular complexity index is 526. The van der Waals surface area contributed by atoms with Gasteiger partial charge in [-0.2, -0.15) is 5.10 Å². The molecule has 106 valence electrons. The first kappa shape index (κ1) is 13.2. The number of hydrogen-bond donors (Lipinski definition) is 1. The van der Waals surface area contributed by atoms with Gasteiger partial charge in [0.1, 0.15) is 0 Å². The second-order valence-electron chi connectivity index (χ2n) is 5.46. The maximum atomic E-state index is 4.30. The molecule has 0 radical (unpaired) electrons. The highest BCUT2D eigenvalue weighted by Gasteiger charge is 2.16. The normalized spacial score (nSPS) is 16.6. The quantitative estimate of drug-likeness (QED) is 0.924. The number of hydrogen-bond acceptors (Lipinski definition) is 3. The predicted molar refractivity (Wildman–Crippen MR) is 82.1 cm³/mol. The van der Waals surface area contributed by atoms with Gasteiger partial charge in [-0.05, 0) is 25.1 Å². The van der Waals surface area contributed by atoms with Crippen LogP contribution in [0.15, 0.2) is 36.4 Å². The van der Waals surface area contributed by atoms with Crippen molar-refractivity contribution in [1.82, 2.24) is 15.1 Å². The smallest absolute Gasteiger partial charge is 0.0637 e. The molecule has 3 rings (SSSR count). The lowest BCUT2D eigenvalue weighted by molar-refractivity contribution is 0.260.